The molecule has 134 valence electrons. The fourth-order valence-corrected chi connectivity index (χ4v) is 3.82. The first kappa shape index (κ1) is 22.1. The van der Waals surface area contributed by atoms with Crippen LogP contribution < -0.4 is 0 Å². The van der Waals surface area contributed by atoms with E-state index in [1.807, 2.05) is 0 Å². The summed E-state index contributed by atoms with van der Waals surface area (Å²) >= 11 is 0. The summed E-state index contributed by atoms with van der Waals surface area (Å²) in [6.07, 6.45) is 14.9. The maximum atomic E-state index is 6.01. The Morgan fingerprint density at radius 1 is 0.727 bits per heavy atom. The van der Waals surface area contributed by atoms with E-state index in [0.717, 1.165) is 13.2 Å². The fraction of sp³-hybridized carbons (Fsp3) is 1.00. The molecule has 0 saturated carbocycles. The summed E-state index contributed by atoms with van der Waals surface area (Å²) in [6, 6.07) is 0. The molecule has 0 N–H and O–H groups in total. The van der Waals surface area contributed by atoms with Crippen molar-refractivity contribution < 1.29 is 8.85 Å². The third-order valence-electron chi connectivity index (χ3n) is 4.36. The van der Waals surface area contributed by atoms with Crippen molar-refractivity contribution in [3.63, 3.8) is 0 Å². The second kappa shape index (κ2) is 14.7. The van der Waals surface area contributed by atoms with Crippen LogP contribution in [0.3, 0.4) is 0 Å². The Labute approximate surface area is 141 Å². The van der Waals surface area contributed by atoms with Crippen molar-refractivity contribution in [1.29, 1.82) is 0 Å². The van der Waals surface area contributed by atoms with E-state index in [0.29, 0.717) is 5.92 Å². The minimum Gasteiger partial charge on any atom is -0.395 e. The molecule has 0 fully saturated rings. The molecule has 0 aliphatic rings. The SMILES string of the molecule is CCCCCCCCCCCCO[Si](C)(C)OCC(C)CC. The van der Waals surface area contributed by atoms with Crippen LogP contribution in [0, 0.1) is 5.92 Å². The predicted octanol–water partition coefficient (Wildman–Crippen LogP) is 6.69. The molecule has 0 aliphatic carbocycles. The van der Waals surface area contributed by atoms with Crippen molar-refractivity contribution in [3.8, 4) is 0 Å². The predicted molar refractivity (Wildman–Crippen MR) is 101 cm³/mol. The van der Waals surface area contributed by atoms with E-state index < -0.39 is 8.56 Å². The summed E-state index contributed by atoms with van der Waals surface area (Å²) in [6.45, 7) is 12.8. The second-order valence-corrected chi connectivity index (χ2v) is 10.6. The van der Waals surface area contributed by atoms with Crippen molar-refractivity contribution >= 4 is 8.56 Å². The van der Waals surface area contributed by atoms with Crippen molar-refractivity contribution in [1.82, 2.24) is 0 Å². The van der Waals surface area contributed by atoms with Crippen LogP contribution in [0.25, 0.3) is 0 Å². The lowest BCUT2D eigenvalue weighted by Gasteiger charge is -2.24. The molecule has 0 spiro atoms. The van der Waals surface area contributed by atoms with E-state index in [-0.39, 0.29) is 0 Å². The van der Waals surface area contributed by atoms with Crippen molar-refractivity contribution in [2.75, 3.05) is 13.2 Å². The van der Waals surface area contributed by atoms with Gasteiger partial charge in [0.15, 0.2) is 0 Å². The number of hydrogen-bond donors (Lipinski definition) is 0. The van der Waals surface area contributed by atoms with Gasteiger partial charge in [-0.15, -0.1) is 0 Å². The van der Waals surface area contributed by atoms with E-state index in [4.69, 9.17) is 8.85 Å². The van der Waals surface area contributed by atoms with Crippen molar-refractivity contribution in [3.05, 3.63) is 0 Å². The van der Waals surface area contributed by atoms with E-state index in [1.165, 1.54) is 70.6 Å². The first-order chi connectivity index (χ1) is 10.5. The van der Waals surface area contributed by atoms with Crippen LogP contribution in [0.2, 0.25) is 13.1 Å². The van der Waals surface area contributed by atoms with Gasteiger partial charge in [0.05, 0.1) is 0 Å². The first-order valence-corrected chi connectivity index (χ1v) is 12.6. The second-order valence-electron chi connectivity index (χ2n) is 7.25. The van der Waals surface area contributed by atoms with Crippen LogP contribution in [0.15, 0.2) is 0 Å². The third-order valence-corrected chi connectivity index (χ3v) is 6.12. The van der Waals surface area contributed by atoms with Crippen LogP contribution in [0.1, 0.15) is 91.4 Å². The minimum atomic E-state index is -1.88. The lowest BCUT2D eigenvalue weighted by Crippen LogP contribution is -2.36. The standard InChI is InChI=1S/C19H42O2Si/c1-6-8-9-10-11-12-13-14-15-16-17-20-22(4,5)21-18-19(3)7-2/h19H,6-18H2,1-5H3. The van der Waals surface area contributed by atoms with E-state index in [1.54, 1.807) is 0 Å². The largest absolute Gasteiger partial charge is 0.395 e. The fourth-order valence-electron chi connectivity index (χ4n) is 2.41. The molecule has 0 heterocycles. The quantitative estimate of drug-likeness (QED) is 0.232. The molecule has 0 rings (SSSR count). The van der Waals surface area contributed by atoms with Crippen LogP contribution in [0.4, 0.5) is 0 Å². The lowest BCUT2D eigenvalue weighted by atomic mass is 10.1. The Hall–Kier alpha value is 0.137. The zero-order valence-electron chi connectivity index (χ0n) is 16.1. The molecule has 3 heteroatoms. The molecule has 0 saturated heterocycles. The van der Waals surface area contributed by atoms with Gasteiger partial charge in [-0.2, -0.15) is 0 Å². The van der Waals surface area contributed by atoms with E-state index >= 15 is 0 Å². The summed E-state index contributed by atoms with van der Waals surface area (Å²) in [4.78, 5) is 0. The Morgan fingerprint density at radius 2 is 1.23 bits per heavy atom. The summed E-state index contributed by atoms with van der Waals surface area (Å²) in [5.41, 5.74) is 0. The van der Waals surface area contributed by atoms with Crippen molar-refractivity contribution in [2.24, 2.45) is 5.92 Å². The van der Waals surface area contributed by atoms with Gasteiger partial charge >= 0.3 is 8.56 Å². The average Bonchev–Trinajstić information content (AvgIpc) is 2.50. The number of hydrogen-bond acceptors (Lipinski definition) is 2. The molecule has 22 heavy (non-hydrogen) atoms. The highest BCUT2D eigenvalue weighted by atomic mass is 28.4. The third kappa shape index (κ3) is 15.0. The van der Waals surface area contributed by atoms with Gasteiger partial charge in [0.1, 0.15) is 0 Å². The molecule has 0 radical (unpaired) electrons. The van der Waals surface area contributed by atoms with Gasteiger partial charge in [-0.1, -0.05) is 85.0 Å². The summed E-state index contributed by atoms with van der Waals surface area (Å²) in [7, 11) is -1.88. The molecule has 0 bridgehead atoms. The Kier molecular flexibility index (Phi) is 14.8. The summed E-state index contributed by atoms with van der Waals surface area (Å²) in [5, 5.41) is 0. The Balaban J connectivity index is 3.33. The van der Waals surface area contributed by atoms with E-state index in [9.17, 15) is 0 Å². The molecule has 2 nitrogen and oxygen atoms in total. The Bertz CT molecular complexity index is 231. The van der Waals surface area contributed by atoms with Gasteiger partial charge in [-0.25, -0.2) is 0 Å². The highest BCUT2D eigenvalue weighted by molar-refractivity contribution is 6.64. The van der Waals surface area contributed by atoms with Gasteiger partial charge in [0, 0.05) is 13.2 Å². The highest BCUT2D eigenvalue weighted by Crippen LogP contribution is 2.13. The topological polar surface area (TPSA) is 18.5 Å². The van der Waals surface area contributed by atoms with Gasteiger partial charge in [-0.3, -0.25) is 0 Å². The molecule has 1 unspecified atom stereocenters. The number of unbranched alkanes of at least 4 members (excludes halogenated alkanes) is 9. The van der Waals surface area contributed by atoms with Gasteiger partial charge in [0.25, 0.3) is 0 Å². The van der Waals surface area contributed by atoms with Gasteiger partial charge in [-0.05, 0) is 25.4 Å². The molecule has 0 aromatic heterocycles. The molecular formula is C19H42O2Si. The minimum absolute atomic E-state index is 0.646. The number of rotatable bonds is 16. The van der Waals surface area contributed by atoms with Crippen molar-refractivity contribution in [2.45, 2.75) is 104 Å². The molecule has 0 aliphatic heterocycles. The van der Waals surface area contributed by atoms with Gasteiger partial charge in [0.2, 0.25) is 0 Å². The first-order valence-electron chi connectivity index (χ1n) is 9.79. The summed E-state index contributed by atoms with van der Waals surface area (Å²) in [5.74, 6) is 0.646. The highest BCUT2D eigenvalue weighted by Gasteiger charge is 2.24. The van der Waals surface area contributed by atoms with Gasteiger partial charge < -0.3 is 8.85 Å². The Morgan fingerprint density at radius 3 is 1.73 bits per heavy atom. The molecule has 1 atom stereocenters. The average molecular weight is 331 g/mol. The zero-order chi connectivity index (χ0) is 16.7. The molecular weight excluding hydrogens is 288 g/mol. The zero-order valence-corrected chi connectivity index (χ0v) is 17.1. The van der Waals surface area contributed by atoms with Crippen LogP contribution in [0.5, 0.6) is 0 Å². The maximum absolute atomic E-state index is 6.01. The lowest BCUT2D eigenvalue weighted by molar-refractivity contribution is 0.154. The monoisotopic (exact) mass is 330 g/mol. The van der Waals surface area contributed by atoms with E-state index in [2.05, 4.69) is 33.9 Å². The maximum Gasteiger partial charge on any atom is 0.331 e. The smallest absolute Gasteiger partial charge is 0.331 e. The van der Waals surface area contributed by atoms with Crippen LogP contribution in [-0.2, 0) is 8.85 Å². The van der Waals surface area contributed by atoms with Crippen LogP contribution >= 0.6 is 0 Å². The summed E-state index contributed by atoms with van der Waals surface area (Å²) < 4.78 is 12.0. The normalized spacial score (nSPS) is 13.5. The molecule has 0 aromatic carbocycles. The molecule has 0 aromatic rings. The van der Waals surface area contributed by atoms with Crippen LogP contribution in [-0.4, -0.2) is 21.8 Å². The molecule has 0 amide bonds.